The molecule has 1 atom stereocenters. The number of carbonyl (C=O) groups excluding carboxylic acids is 1. The van der Waals surface area contributed by atoms with Crippen molar-refractivity contribution in [3.63, 3.8) is 0 Å². The Balaban J connectivity index is 2.02. The molecular formula is C16H19ClN2OS. The Labute approximate surface area is 134 Å². The van der Waals surface area contributed by atoms with Crippen molar-refractivity contribution >= 4 is 28.8 Å². The first-order valence-corrected chi connectivity index (χ1v) is 8.16. The number of alkyl halides is 1. The molecule has 0 bridgehead atoms. The average Bonchev–Trinajstić information content (AvgIpc) is 3.01. The normalized spacial score (nSPS) is 12.4. The van der Waals surface area contributed by atoms with Gasteiger partial charge in [0.05, 0.1) is 6.04 Å². The Morgan fingerprint density at radius 1 is 1.33 bits per heavy atom. The van der Waals surface area contributed by atoms with Gasteiger partial charge in [-0.15, -0.1) is 22.9 Å². The Bertz CT molecular complexity index is 584. The Morgan fingerprint density at radius 3 is 2.76 bits per heavy atom. The molecule has 1 N–H and O–H groups in total. The summed E-state index contributed by atoms with van der Waals surface area (Å²) in [5, 5.41) is 5.06. The van der Waals surface area contributed by atoms with Crippen molar-refractivity contribution < 1.29 is 4.79 Å². The molecule has 0 fully saturated rings. The van der Waals surface area contributed by atoms with Gasteiger partial charge in [-0.25, -0.2) is 0 Å². The van der Waals surface area contributed by atoms with Crippen LogP contribution in [0.2, 0.25) is 0 Å². The zero-order valence-electron chi connectivity index (χ0n) is 12.2. The number of halogens is 1. The molecule has 112 valence electrons. The van der Waals surface area contributed by atoms with Crippen molar-refractivity contribution in [2.75, 3.05) is 20.6 Å². The van der Waals surface area contributed by atoms with Crippen LogP contribution in [0.3, 0.4) is 0 Å². The second-order valence-corrected chi connectivity index (χ2v) is 6.29. The van der Waals surface area contributed by atoms with Crippen LogP contribution >= 0.6 is 22.9 Å². The summed E-state index contributed by atoms with van der Waals surface area (Å²) in [6, 6.07) is 11.7. The summed E-state index contributed by atoms with van der Waals surface area (Å²) in [7, 11) is 4.04. The SMILES string of the molecule is CN(C)C(CNC(=O)c1cccc(CCl)c1)c1cccs1. The van der Waals surface area contributed by atoms with E-state index < -0.39 is 0 Å². The highest BCUT2D eigenvalue weighted by molar-refractivity contribution is 7.10. The monoisotopic (exact) mass is 322 g/mol. The van der Waals surface area contributed by atoms with Crippen LogP contribution in [0.15, 0.2) is 41.8 Å². The fraction of sp³-hybridized carbons (Fsp3) is 0.312. The van der Waals surface area contributed by atoms with Gasteiger partial charge in [0.2, 0.25) is 0 Å². The van der Waals surface area contributed by atoms with E-state index in [9.17, 15) is 4.79 Å². The minimum absolute atomic E-state index is 0.0645. The number of amides is 1. The van der Waals surface area contributed by atoms with Gasteiger partial charge in [0.25, 0.3) is 5.91 Å². The third kappa shape index (κ3) is 4.30. The molecule has 5 heteroatoms. The molecule has 1 aromatic carbocycles. The van der Waals surface area contributed by atoms with E-state index in [-0.39, 0.29) is 11.9 Å². The van der Waals surface area contributed by atoms with E-state index in [2.05, 4.69) is 21.7 Å². The number of hydrogen-bond donors (Lipinski definition) is 1. The summed E-state index contributed by atoms with van der Waals surface area (Å²) in [6.45, 7) is 0.581. The fourth-order valence-electron chi connectivity index (χ4n) is 2.11. The second kappa shape index (κ2) is 7.59. The molecule has 21 heavy (non-hydrogen) atoms. The van der Waals surface area contributed by atoms with E-state index in [0.29, 0.717) is 18.0 Å². The summed E-state index contributed by atoms with van der Waals surface area (Å²) >= 11 is 7.51. The molecular weight excluding hydrogens is 304 g/mol. The van der Waals surface area contributed by atoms with E-state index in [1.807, 2.05) is 38.4 Å². The number of rotatable bonds is 6. The molecule has 0 radical (unpaired) electrons. The van der Waals surface area contributed by atoms with E-state index >= 15 is 0 Å². The van der Waals surface area contributed by atoms with Crippen LogP contribution in [0.1, 0.15) is 26.8 Å². The van der Waals surface area contributed by atoms with Crippen LogP contribution < -0.4 is 5.32 Å². The molecule has 0 saturated heterocycles. The Hall–Kier alpha value is -1.36. The third-order valence-electron chi connectivity index (χ3n) is 3.29. The lowest BCUT2D eigenvalue weighted by molar-refractivity contribution is 0.0942. The van der Waals surface area contributed by atoms with Crippen molar-refractivity contribution in [1.29, 1.82) is 0 Å². The third-order valence-corrected chi connectivity index (χ3v) is 4.58. The van der Waals surface area contributed by atoms with Gasteiger partial charge in [-0.3, -0.25) is 4.79 Å². The topological polar surface area (TPSA) is 32.3 Å². The Morgan fingerprint density at radius 2 is 2.14 bits per heavy atom. The number of nitrogens with one attached hydrogen (secondary N) is 1. The van der Waals surface area contributed by atoms with Gasteiger partial charge in [-0.1, -0.05) is 18.2 Å². The maximum atomic E-state index is 12.2. The van der Waals surface area contributed by atoms with Gasteiger partial charge < -0.3 is 10.2 Å². The van der Waals surface area contributed by atoms with Gasteiger partial charge in [-0.05, 0) is 43.2 Å². The molecule has 0 spiro atoms. The molecule has 0 aliphatic carbocycles. The second-order valence-electron chi connectivity index (χ2n) is 5.04. The number of likely N-dealkylation sites (N-methyl/N-ethyl adjacent to an activating group) is 1. The van der Waals surface area contributed by atoms with Crippen LogP contribution in [0.4, 0.5) is 0 Å². The van der Waals surface area contributed by atoms with Crippen molar-refractivity contribution in [1.82, 2.24) is 10.2 Å². The number of carbonyl (C=O) groups is 1. The van der Waals surface area contributed by atoms with Crippen LogP contribution in [0.5, 0.6) is 0 Å². The van der Waals surface area contributed by atoms with Crippen LogP contribution in [0, 0.1) is 0 Å². The fourth-order valence-corrected chi connectivity index (χ4v) is 3.19. The highest BCUT2D eigenvalue weighted by atomic mass is 35.5. The quantitative estimate of drug-likeness (QED) is 0.825. The van der Waals surface area contributed by atoms with E-state index in [1.54, 1.807) is 17.4 Å². The van der Waals surface area contributed by atoms with Crippen LogP contribution in [0.25, 0.3) is 0 Å². The highest BCUT2D eigenvalue weighted by Crippen LogP contribution is 2.22. The number of thiophene rings is 1. The maximum Gasteiger partial charge on any atom is 0.251 e. The lowest BCUT2D eigenvalue weighted by Crippen LogP contribution is -2.34. The van der Waals surface area contributed by atoms with Crippen molar-refractivity contribution in [3.05, 3.63) is 57.8 Å². The minimum atomic E-state index is -0.0645. The Kier molecular flexibility index (Phi) is 5.79. The van der Waals surface area contributed by atoms with Crippen molar-refractivity contribution in [3.8, 4) is 0 Å². The molecule has 0 aliphatic rings. The summed E-state index contributed by atoms with van der Waals surface area (Å²) < 4.78 is 0. The first kappa shape index (κ1) is 16.0. The zero-order valence-corrected chi connectivity index (χ0v) is 13.7. The van der Waals surface area contributed by atoms with E-state index in [4.69, 9.17) is 11.6 Å². The van der Waals surface area contributed by atoms with Gasteiger partial charge in [0.15, 0.2) is 0 Å². The predicted octanol–water partition coefficient (Wildman–Crippen LogP) is 3.52. The highest BCUT2D eigenvalue weighted by Gasteiger charge is 2.16. The molecule has 0 aliphatic heterocycles. The lowest BCUT2D eigenvalue weighted by atomic mass is 10.1. The summed E-state index contributed by atoms with van der Waals surface area (Å²) in [5.41, 5.74) is 1.60. The average molecular weight is 323 g/mol. The zero-order chi connectivity index (χ0) is 15.2. The summed E-state index contributed by atoms with van der Waals surface area (Å²) in [6.07, 6.45) is 0. The standard InChI is InChI=1S/C16H19ClN2OS/c1-19(2)14(15-7-4-8-21-15)11-18-16(20)13-6-3-5-12(9-13)10-17/h3-9,14H,10-11H2,1-2H3,(H,18,20). The maximum absolute atomic E-state index is 12.2. The molecule has 1 aromatic heterocycles. The summed E-state index contributed by atoms with van der Waals surface area (Å²) in [5.74, 6) is 0.349. The van der Waals surface area contributed by atoms with Crippen molar-refractivity contribution in [2.24, 2.45) is 0 Å². The molecule has 1 amide bonds. The molecule has 2 rings (SSSR count). The molecule has 1 unspecified atom stereocenters. The predicted molar refractivity (Wildman–Crippen MR) is 89.1 cm³/mol. The number of benzene rings is 1. The van der Waals surface area contributed by atoms with Gasteiger partial charge in [0, 0.05) is 22.9 Å². The number of hydrogen-bond acceptors (Lipinski definition) is 3. The van der Waals surface area contributed by atoms with Gasteiger partial charge >= 0.3 is 0 Å². The van der Waals surface area contributed by atoms with Crippen LogP contribution in [-0.4, -0.2) is 31.4 Å². The largest absolute Gasteiger partial charge is 0.350 e. The first-order valence-electron chi connectivity index (χ1n) is 6.74. The van der Waals surface area contributed by atoms with E-state index in [1.165, 1.54) is 4.88 Å². The lowest BCUT2D eigenvalue weighted by Gasteiger charge is -2.23. The first-order chi connectivity index (χ1) is 10.1. The van der Waals surface area contributed by atoms with Crippen molar-refractivity contribution in [2.45, 2.75) is 11.9 Å². The number of nitrogens with zero attached hydrogens (tertiary/aromatic N) is 1. The molecule has 0 saturated carbocycles. The van der Waals surface area contributed by atoms with Crippen LogP contribution in [-0.2, 0) is 5.88 Å². The molecule has 3 nitrogen and oxygen atoms in total. The molecule has 1 heterocycles. The molecule has 2 aromatic rings. The minimum Gasteiger partial charge on any atom is -0.350 e. The van der Waals surface area contributed by atoms with E-state index in [0.717, 1.165) is 5.56 Å². The van der Waals surface area contributed by atoms with Gasteiger partial charge in [-0.2, -0.15) is 0 Å². The van der Waals surface area contributed by atoms with Gasteiger partial charge in [0.1, 0.15) is 0 Å². The summed E-state index contributed by atoms with van der Waals surface area (Å²) in [4.78, 5) is 15.6. The smallest absolute Gasteiger partial charge is 0.251 e.